The van der Waals surface area contributed by atoms with E-state index in [9.17, 15) is 39.6 Å². The summed E-state index contributed by atoms with van der Waals surface area (Å²) >= 11 is 0. The Labute approximate surface area is 205 Å². The van der Waals surface area contributed by atoms with Gasteiger partial charge >= 0.3 is 24.3 Å². The molecule has 0 bridgehead atoms. The predicted octanol–water partition coefficient (Wildman–Crippen LogP) is 4.03. The minimum absolute atomic E-state index is 0.142. The van der Waals surface area contributed by atoms with Crippen LogP contribution in [0.15, 0.2) is 46.9 Å². The van der Waals surface area contributed by atoms with Gasteiger partial charge in [0.2, 0.25) is 5.89 Å². The van der Waals surface area contributed by atoms with Crippen molar-refractivity contribution in [2.24, 2.45) is 0 Å². The first kappa shape index (κ1) is 26.4. The molecule has 0 aliphatic carbocycles. The highest BCUT2D eigenvalue weighted by Crippen LogP contribution is 2.31. The zero-order valence-corrected chi connectivity index (χ0v) is 19.4. The van der Waals surface area contributed by atoms with Gasteiger partial charge in [-0.1, -0.05) is 18.2 Å². The highest BCUT2D eigenvalue weighted by atomic mass is 32.2. The minimum atomic E-state index is -4.82. The zero-order chi connectivity index (χ0) is 27.0. The molecule has 1 aliphatic rings. The molecule has 3 aromatic rings. The molecule has 0 saturated carbocycles. The van der Waals surface area contributed by atoms with Gasteiger partial charge in [-0.3, -0.25) is 4.90 Å². The summed E-state index contributed by atoms with van der Waals surface area (Å²) in [6, 6.07) is 7.81. The van der Waals surface area contributed by atoms with E-state index in [0.717, 1.165) is 17.0 Å². The second kappa shape index (κ2) is 9.64. The van der Waals surface area contributed by atoms with E-state index in [1.54, 1.807) is 0 Å². The Balaban J connectivity index is 1.62. The molecule has 1 saturated heterocycles. The number of benzene rings is 1. The molecule has 0 N–H and O–H groups in total. The molecule has 1 aliphatic heterocycles. The van der Waals surface area contributed by atoms with Crippen LogP contribution in [0.5, 0.6) is 0 Å². The van der Waals surface area contributed by atoms with E-state index in [4.69, 9.17) is 0 Å². The summed E-state index contributed by atoms with van der Waals surface area (Å²) in [5.41, 5.74) is -0.698. The number of amides is 2. The zero-order valence-electron chi connectivity index (χ0n) is 18.6. The van der Waals surface area contributed by atoms with Gasteiger partial charge in [-0.05, 0) is 29.8 Å². The molecule has 9 nitrogen and oxygen atoms in total. The number of nitrogens with zero attached hydrogens (tertiary/aromatic N) is 5. The summed E-state index contributed by atoms with van der Waals surface area (Å²) in [6.07, 6.45) is -9.59. The summed E-state index contributed by atoms with van der Waals surface area (Å²) in [7, 11) is -3.33. The van der Waals surface area contributed by atoms with Crippen LogP contribution < -0.4 is 4.90 Å². The number of hydrogen-bond donors (Lipinski definition) is 0. The van der Waals surface area contributed by atoms with E-state index in [1.165, 1.54) is 35.2 Å². The monoisotopic (exact) mass is 549 g/mol. The highest BCUT2D eigenvalue weighted by molar-refractivity contribution is 7.91. The first-order chi connectivity index (χ1) is 17.2. The van der Waals surface area contributed by atoms with E-state index in [1.807, 2.05) is 0 Å². The second-order valence-corrected chi connectivity index (χ2v) is 10.3. The number of pyridine rings is 1. The Morgan fingerprint density at radius 1 is 0.946 bits per heavy atom. The van der Waals surface area contributed by atoms with Crippen molar-refractivity contribution in [1.82, 2.24) is 20.1 Å². The number of carbonyl (C=O) groups excluding carboxylic acids is 1. The molecule has 0 atom stereocenters. The summed E-state index contributed by atoms with van der Waals surface area (Å²) in [4.78, 5) is 19.0. The fourth-order valence-electron chi connectivity index (χ4n) is 3.44. The summed E-state index contributed by atoms with van der Waals surface area (Å²) in [6.45, 7) is -0.559. The van der Waals surface area contributed by atoms with Crippen molar-refractivity contribution in [2.75, 3.05) is 29.5 Å². The Morgan fingerprint density at radius 3 is 2.16 bits per heavy atom. The number of hydrogen-bond acceptors (Lipinski definition) is 7. The topological polar surface area (TPSA) is 110 Å². The third kappa shape index (κ3) is 6.18. The fraction of sp³-hybridized carbons (Fsp3) is 0.333. The van der Waals surface area contributed by atoms with E-state index >= 15 is 0 Å². The van der Waals surface area contributed by atoms with Crippen LogP contribution in [0, 0.1) is 0 Å². The fourth-order valence-corrected chi connectivity index (χ4v) is 4.64. The van der Waals surface area contributed by atoms with Crippen molar-refractivity contribution in [3.8, 4) is 11.5 Å². The average Bonchev–Trinajstić information content (AvgIpc) is 3.33. The van der Waals surface area contributed by atoms with Crippen LogP contribution in [0.25, 0.3) is 11.5 Å². The molecular weight excluding hydrogens is 532 g/mol. The lowest BCUT2D eigenvalue weighted by atomic mass is 10.1. The van der Waals surface area contributed by atoms with Crippen LogP contribution in [0.3, 0.4) is 0 Å². The van der Waals surface area contributed by atoms with Gasteiger partial charge in [0.15, 0.2) is 9.84 Å². The smallest absolute Gasteiger partial charge is 0.413 e. The molecule has 2 amide bonds. The number of anilines is 1. The maximum Gasteiger partial charge on any atom is 0.470 e. The molecule has 1 aromatic carbocycles. The van der Waals surface area contributed by atoms with E-state index in [0.29, 0.717) is 5.56 Å². The predicted molar refractivity (Wildman–Crippen MR) is 116 cm³/mol. The van der Waals surface area contributed by atoms with Gasteiger partial charge in [0.25, 0.3) is 0 Å². The van der Waals surface area contributed by atoms with Crippen molar-refractivity contribution < 1.29 is 44.0 Å². The van der Waals surface area contributed by atoms with Crippen LogP contribution in [-0.4, -0.2) is 59.1 Å². The molecule has 0 spiro atoms. The van der Waals surface area contributed by atoms with Crippen LogP contribution >= 0.6 is 0 Å². The molecule has 198 valence electrons. The molecule has 4 rings (SSSR count). The number of halogens is 6. The van der Waals surface area contributed by atoms with Crippen LogP contribution in [0.4, 0.5) is 37.0 Å². The summed E-state index contributed by atoms with van der Waals surface area (Å²) < 4.78 is 106. The summed E-state index contributed by atoms with van der Waals surface area (Å²) in [5.74, 6) is -2.82. The molecule has 0 unspecified atom stereocenters. The minimum Gasteiger partial charge on any atom is -0.413 e. The molecular formula is C21H17F6N5O4S. The normalized spacial score (nSPS) is 16.0. The Morgan fingerprint density at radius 2 is 1.59 bits per heavy atom. The van der Waals surface area contributed by atoms with Gasteiger partial charge < -0.3 is 9.32 Å². The lowest BCUT2D eigenvalue weighted by Gasteiger charge is -2.32. The Bertz CT molecular complexity index is 1380. The van der Waals surface area contributed by atoms with Gasteiger partial charge in [-0.25, -0.2) is 18.2 Å². The first-order valence-corrected chi connectivity index (χ1v) is 12.4. The lowest BCUT2D eigenvalue weighted by molar-refractivity contribution is -0.157. The quantitative estimate of drug-likeness (QED) is 0.452. The maximum absolute atomic E-state index is 13.3. The largest absolute Gasteiger partial charge is 0.470 e. The van der Waals surface area contributed by atoms with Crippen molar-refractivity contribution >= 4 is 21.7 Å². The van der Waals surface area contributed by atoms with Gasteiger partial charge in [0.05, 0.1) is 18.1 Å². The number of aromatic nitrogens is 3. The second-order valence-electron chi connectivity index (χ2n) is 7.99. The van der Waals surface area contributed by atoms with Crippen molar-refractivity contribution in [1.29, 1.82) is 0 Å². The number of rotatable bonds is 4. The standard InChI is InChI=1S/C21H17F6N5O4S/c22-20(23,24)15-2-1-3-16(28-15)32(19(33)31-8-10-37(34,35)11-9-31)12-13-4-6-14(7-5-13)17-29-30-18(36-17)21(25,26)27/h1-7H,8-12H2. The molecule has 2 aromatic heterocycles. The van der Waals surface area contributed by atoms with Gasteiger partial charge in [0.1, 0.15) is 11.5 Å². The third-order valence-corrected chi connectivity index (χ3v) is 6.97. The van der Waals surface area contributed by atoms with Gasteiger partial charge in [-0.2, -0.15) is 26.3 Å². The molecule has 0 radical (unpaired) electrons. The van der Waals surface area contributed by atoms with Gasteiger partial charge in [-0.15, -0.1) is 10.2 Å². The maximum atomic E-state index is 13.3. The number of carbonyl (C=O) groups is 1. The molecule has 1 fully saturated rings. The van der Waals surface area contributed by atoms with Crippen molar-refractivity contribution in [3.05, 3.63) is 59.6 Å². The van der Waals surface area contributed by atoms with Gasteiger partial charge in [0, 0.05) is 18.7 Å². The average molecular weight is 549 g/mol. The number of sulfone groups is 1. The Kier molecular flexibility index (Phi) is 6.87. The summed E-state index contributed by atoms with van der Waals surface area (Å²) in [5, 5.41) is 6.30. The first-order valence-electron chi connectivity index (χ1n) is 10.5. The third-order valence-electron chi connectivity index (χ3n) is 5.36. The van der Waals surface area contributed by atoms with E-state index in [2.05, 4.69) is 19.6 Å². The molecule has 37 heavy (non-hydrogen) atoms. The highest BCUT2D eigenvalue weighted by Gasteiger charge is 2.38. The van der Waals surface area contributed by atoms with Crippen LogP contribution in [0.2, 0.25) is 0 Å². The van der Waals surface area contributed by atoms with E-state index < -0.39 is 45.7 Å². The van der Waals surface area contributed by atoms with E-state index in [-0.39, 0.29) is 42.5 Å². The van der Waals surface area contributed by atoms with Crippen LogP contribution in [0.1, 0.15) is 17.1 Å². The van der Waals surface area contributed by atoms with Crippen molar-refractivity contribution in [3.63, 3.8) is 0 Å². The molecule has 16 heteroatoms. The SMILES string of the molecule is O=C(N1CCS(=O)(=O)CC1)N(Cc1ccc(-c2nnc(C(F)(F)F)o2)cc1)c1cccc(C(F)(F)F)n1. The molecule has 3 heterocycles. The number of alkyl halides is 6. The van der Waals surface area contributed by atoms with Crippen molar-refractivity contribution in [2.45, 2.75) is 18.9 Å². The lowest BCUT2D eigenvalue weighted by Crippen LogP contribution is -2.50. The number of urea groups is 1. The Hall–Kier alpha value is -3.69. The van der Waals surface area contributed by atoms with Crippen LogP contribution in [-0.2, 0) is 28.7 Å².